The number of pyridine rings is 1. The second-order valence-corrected chi connectivity index (χ2v) is 11.9. The van der Waals surface area contributed by atoms with Gasteiger partial charge >= 0.3 is 5.69 Å². The molecule has 8 nitrogen and oxygen atoms in total. The van der Waals surface area contributed by atoms with Crippen LogP contribution in [0.25, 0.3) is 16.7 Å². The standard InChI is InChI=1S/C32H34ClN5O3/c1-20(39)16-36-18-23-9-12-27(13-24(23)19-36)38-30-6-4-3-5-29(30)37(32(38)41)17-22-7-10-26(11-8-22)35-31(40)28-14-25(33)15-34-21(28)2/h3-6,9,12-15,22,26H,7-8,10-11,16-19H2,1-2H3,(H,35,40). The molecule has 0 saturated heterocycles. The molecular formula is C32H34ClN5O3. The van der Waals surface area contributed by atoms with Crippen molar-refractivity contribution in [1.82, 2.24) is 24.3 Å². The van der Waals surface area contributed by atoms with Crippen molar-refractivity contribution in [2.75, 3.05) is 6.54 Å². The molecule has 0 bridgehead atoms. The highest BCUT2D eigenvalue weighted by Gasteiger charge is 2.26. The van der Waals surface area contributed by atoms with Crippen LogP contribution in [0.2, 0.25) is 5.02 Å². The van der Waals surface area contributed by atoms with Crippen LogP contribution in [0, 0.1) is 12.8 Å². The number of para-hydroxylation sites is 2. The Bertz CT molecular complexity index is 1700. The van der Waals surface area contributed by atoms with E-state index in [1.54, 1.807) is 19.2 Å². The number of hydrogen-bond acceptors (Lipinski definition) is 5. The van der Waals surface area contributed by atoms with E-state index in [9.17, 15) is 14.4 Å². The van der Waals surface area contributed by atoms with Crippen molar-refractivity contribution < 1.29 is 9.59 Å². The zero-order valence-electron chi connectivity index (χ0n) is 23.4. The second kappa shape index (κ2) is 11.3. The molecule has 1 saturated carbocycles. The van der Waals surface area contributed by atoms with E-state index >= 15 is 0 Å². The first-order valence-corrected chi connectivity index (χ1v) is 14.6. The Hall–Kier alpha value is -3.75. The largest absolute Gasteiger partial charge is 0.349 e. The van der Waals surface area contributed by atoms with Gasteiger partial charge in [-0.05, 0) is 86.9 Å². The summed E-state index contributed by atoms with van der Waals surface area (Å²) in [6, 6.07) is 15.9. The third-order valence-electron chi connectivity index (χ3n) is 8.44. The van der Waals surface area contributed by atoms with Gasteiger partial charge in [0.05, 0.1) is 39.5 Å². The second-order valence-electron chi connectivity index (χ2n) is 11.5. The van der Waals surface area contributed by atoms with Crippen molar-refractivity contribution in [3.63, 3.8) is 0 Å². The summed E-state index contributed by atoms with van der Waals surface area (Å²) < 4.78 is 3.73. The van der Waals surface area contributed by atoms with Crippen molar-refractivity contribution >= 4 is 34.3 Å². The molecule has 1 aliphatic heterocycles. The number of imidazole rings is 1. The summed E-state index contributed by atoms with van der Waals surface area (Å²) in [7, 11) is 0. The number of amides is 1. The van der Waals surface area contributed by atoms with Gasteiger partial charge in [-0.15, -0.1) is 0 Å². The van der Waals surface area contributed by atoms with Crippen molar-refractivity contribution in [2.45, 2.75) is 65.2 Å². The maximum atomic E-state index is 13.9. The number of carbonyl (C=O) groups excluding carboxylic acids is 2. The number of nitrogens with zero attached hydrogens (tertiary/aromatic N) is 4. The van der Waals surface area contributed by atoms with Gasteiger partial charge in [-0.3, -0.25) is 28.6 Å². The van der Waals surface area contributed by atoms with Gasteiger partial charge in [-0.1, -0.05) is 29.8 Å². The molecule has 9 heteroatoms. The fourth-order valence-electron chi connectivity index (χ4n) is 6.40. The summed E-state index contributed by atoms with van der Waals surface area (Å²) in [5, 5.41) is 3.60. The molecule has 0 spiro atoms. The van der Waals surface area contributed by atoms with E-state index in [0.717, 1.165) is 54.5 Å². The molecule has 3 heterocycles. The normalized spacial score (nSPS) is 18.9. The Morgan fingerprint density at radius 2 is 1.73 bits per heavy atom. The summed E-state index contributed by atoms with van der Waals surface area (Å²) in [5.74, 6) is 0.357. The Balaban J connectivity index is 1.18. The lowest BCUT2D eigenvalue weighted by Crippen LogP contribution is -2.39. The van der Waals surface area contributed by atoms with Crippen LogP contribution in [-0.4, -0.2) is 43.3 Å². The number of aryl methyl sites for hydroxylation is 1. The van der Waals surface area contributed by atoms with Crippen LogP contribution in [0.5, 0.6) is 0 Å². The van der Waals surface area contributed by atoms with Crippen molar-refractivity contribution in [3.8, 4) is 5.69 Å². The number of halogens is 1. The molecule has 1 fully saturated rings. The van der Waals surface area contributed by atoms with Gasteiger partial charge in [0.1, 0.15) is 5.78 Å². The molecule has 0 unspecified atom stereocenters. The Morgan fingerprint density at radius 1 is 1.00 bits per heavy atom. The fraction of sp³-hybridized carbons (Fsp3) is 0.375. The van der Waals surface area contributed by atoms with E-state index in [0.29, 0.717) is 41.8 Å². The van der Waals surface area contributed by atoms with E-state index in [-0.39, 0.29) is 23.4 Å². The molecule has 0 atom stereocenters. The van der Waals surface area contributed by atoms with Crippen molar-refractivity contribution in [1.29, 1.82) is 0 Å². The van der Waals surface area contributed by atoms with Crippen LogP contribution < -0.4 is 11.0 Å². The van der Waals surface area contributed by atoms with E-state index in [2.05, 4.69) is 27.3 Å². The third-order valence-corrected chi connectivity index (χ3v) is 8.65. The molecule has 6 rings (SSSR count). The molecule has 4 aromatic rings. The molecule has 2 aromatic heterocycles. The minimum atomic E-state index is -0.140. The minimum absolute atomic E-state index is 0.0379. The van der Waals surface area contributed by atoms with Crippen LogP contribution in [0.4, 0.5) is 0 Å². The fourth-order valence-corrected chi connectivity index (χ4v) is 6.56. The quantitative estimate of drug-likeness (QED) is 0.336. The first-order valence-electron chi connectivity index (χ1n) is 14.2. The minimum Gasteiger partial charge on any atom is -0.349 e. The molecule has 1 amide bonds. The van der Waals surface area contributed by atoms with Crippen LogP contribution in [0.15, 0.2) is 59.5 Å². The molecular weight excluding hydrogens is 538 g/mol. The summed E-state index contributed by atoms with van der Waals surface area (Å²) in [4.78, 5) is 44.7. The predicted molar refractivity (Wildman–Crippen MR) is 160 cm³/mol. The monoisotopic (exact) mass is 571 g/mol. The number of carbonyl (C=O) groups is 2. The smallest absolute Gasteiger partial charge is 0.333 e. The summed E-state index contributed by atoms with van der Waals surface area (Å²) >= 11 is 6.06. The van der Waals surface area contributed by atoms with Gasteiger partial charge in [0.25, 0.3) is 5.91 Å². The SMILES string of the molecule is CC(=O)CN1Cc2ccc(-n3c(=O)n(CC4CCC(NC(=O)c5cc(Cl)cnc5C)CC4)c4ccccc43)cc2C1. The lowest BCUT2D eigenvalue weighted by atomic mass is 9.85. The lowest BCUT2D eigenvalue weighted by Gasteiger charge is -2.29. The lowest BCUT2D eigenvalue weighted by molar-refractivity contribution is -0.118. The number of hydrogen-bond donors (Lipinski definition) is 1. The first kappa shape index (κ1) is 27.4. The highest BCUT2D eigenvalue weighted by Crippen LogP contribution is 2.29. The number of Topliss-reactive ketones (excluding diaryl/α,β-unsaturated/α-hetero) is 1. The van der Waals surface area contributed by atoms with Crippen LogP contribution in [0.1, 0.15) is 59.8 Å². The average molecular weight is 572 g/mol. The molecule has 2 aromatic carbocycles. The first-order chi connectivity index (χ1) is 19.8. The van der Waals surface area contributed by atoms with Gasteiger partial charge in [0.15, 0.2) is 0 Å². The highest BCUT2D eigenvalue weighted by molar-refractivity contribution is 6.30. The molecule has 1 N–H and O–H groups in total. The number of nitrogens with one attached hydrogen (secondary N) is 1. The average Bonchev–Trinajstić information content (AvgIpc) is 3.47. The van der Waals surface area contributed by atoms with Crippen molar-refractivity contribution in [2.24, 2.45) is 5.92 Å². The Labute approximate surface area is 243 Å². The van der Waals surface area contributed by atoms with Crippen LogP contribution >= 0.6 is 11.6 Å². The summed E-state index contributed by atoms with van der Waals surface area (Å²) in [6.45, 7) is 5.97. The number of aromatic nitrogens is 3. The van der Waals surface area contributed by atoms with E-state index in [4.69, 9.17) is 11.6 Å². The molecule has 0 radical (unpaired) electrons. The molecule has 41 heavy (non-hydrogen) atoms. The Kier molecular flexibility index (Phi) is 7.53. The zero-order chi connectivity index (χ0) is 28.7. The van der Waals surface area contributed by atoms with E-state index in [1.165, 1.54) is 5.56 Å². The molecule has 1 aliphatic carbocycles. The highest BCUT2D eigenvalue weighted by atomic mass is 35.5. The van der Waals surface area contributed by atoms with E-state index in [1.807, 2.05) is 46.4 Å². The van der Waals surface area contributed by atoms with Crippen LogP contribution in [-0.2, 0) is 24.4 Å². The van der Waals surface area contributed by atoms with E-state index < -0.39 is 0 Å². The number of rotatable bonds is 7. The van der Waals surface area contributed by atoms with Gasteiger partial charge < -0.3 is 5.32 Å². The Morgan fingerprint density at radius 3 is 2.49 bits per heavy atom. The maximum Gasteiger partial charge on any atom is 0.333 e. The number of ketones is 1. The predicted octanol–water partition coefficient (Wildman–Crippen LogP) is 5.04. The zero-order valence-corrected chi connectivity index (χ0v) is 24.2. The van der Waals surface area contributed by atoms with Gasteiger partial charge in [0.2, 0.25) is 0 Å². The topological polar surface area (TPSA) is 89.2 Å². The van der Waals surface area contributed by atoms with Crippen LogP contribution in [0.3, 0.4) is 0 Å². The number of fused-ring (bicyclic) bond motifs is 2. The van der Waals surface area contributed by atoms with Gasteiger partial charge in [0, 0.05) is 31.9 Å². The maximum absolute atomic E-state index is 13.9. The van der Waals surface area contributed by atoms with Crippen molar-refractivity contribution in [3.05, 3.63) is 92.6 Å². The number of benzene rings is 2. The van der Waals surface area contributed by atoms with Gasteiger partial charge in [-0.25, -0.2) is 4.79 Å². The third kappa shape index (κ3) is 5.59. The summed E-state index contributed by atoms with van der Waals surface area (Å²) in [6.07, 6.45) is 5.12. The molecule has 2 aliphatic rings. The summed E-state index contributed by atoms with van der Waals surface area (Å²) in [5.41, 5.74) is 6.17. The van der Waals surface area contributed by atoms with Gasteiger partial charge in [-0.2, -0.15) is 0 Å². The molecule has 212 valence electrons.